The van der Waals surface area contributed by atoms with Crippen molar-refractivity contribution in [2.24, 2.45) is 11.7 Å². The van der Waals surface area contributed by atoms with Crippen LogP contribution < -0.4 is 16.4 Å². The van der Waals surface area contributed by atoms with E-state index in [4.69, 9.17) is 5.73 Å². The Labute approximate surface area is 131 Å². The van der Waals surface area contributed by atoms with Crippen molar-refractivity contribution < 1.29 is 9.59 Å². The molecule has 0 saturated heterocycles. The number of carbonyl (C=O) groups is 2. The number of nitrogens with one attached hydrogen (secondary N) is 2. The lowest BCUT2D eigenvalue weighted by Crippen LogP contribution is -2.37. The highest BCUT2D eigenvalue weighted by molar-refractivity contribution is 5.92. The molecule has 5 nitrogen and oxygen atoms in total. The molecular formula is C17H25N3O2. The van der Waals surface area contributed by atoms with E-state index < -0.39 is 6.04 Å². The minimum atomic E-state index is -0.519. The van der Waals surface area contributed by atoms with E-state index in [0.29, 0.717) is 6.54 Å². The van der Waals surface area contributed by atoms with Gasteiger partial charge in [0.05, 0.1) is 6.04 Å². The van der Waals surface area contributed by atoms with Crippen molar-refractivity contribution in [1.82, 2.24) is 5.32 Å². The van der Waals surface area contributed by atoms with Gasteiger partial charge in [0.15, 0.2) is 0 Å². The number of amides is 2. The van der Waals surface area contributed by atoms with E-state index >= 15 is 0 Å². The zero-order valence-corrected chi connectivity index (χ0v) is 13.1. The van der Waals surface area contributed by atoms with Gasteiger partial charge in [-0.15, -0.1) is 0 Å². The predicted octanol–water partition coefficient (Wildman–Crippen LogP) is 2.17. The van der Waals surface area contributed by atoms with Crippen LogP contribution in [0.1, 0.15) is 44.6 Å². The van der Waals surface area contributed by atoms with E-state index in [9.17, 15) is 9.59 Å². The van der Waals surface area contributed by atoms with Gasteiger partial charge in [-0.3, -0.25) is 9.59 Å². The fourth-order valence-corrected chi connectivity index (χ4v) is 2.72. The molecule has 2 rings (SSSR count). The summed E-state index contributed by atoms with van der Waals surface area (Å²) in [5.41, 5.74) is 7.23. The Kier molecular flexibility index (Phi) is 5.95. The molecule has 2 amide bonds. The lowest BCUT2D eigenvalue weighted by atomic mass is 9.88. The molecule has 0 aromatic heterocycles. The first kappa shape index (κ1) is 16.5. The quantitative estimate of drug-likeness (QED) is 0.779. The Morgan fingerprint density at radius 3 is 2.68 bits per heavy atom. The molecule has 1 aliphatic rings. The maximum atomic E-state index is 12.2. The average molecular weight is 303 g/mol. The maximum absolute atomic E-state index is 12.2. The van der Waals surface area contributed by atoms with Gasteiger partial charge in [0.2, 0.25) is 11.8 Å². The lowest BCUT2D eigenvalue weighted by molar-refractivity contribution is -0.122. The molecule has 0 radical (unpaired) electrons. The number of rotatable bonds is 5. The van der Waals surface area contributed by atoms with Crippen LogP contribution in [0.25, 0.3) is 0 Å². The van der Waals surface area contributed by atoms with Crippen molar-refractivity contribution in [3.8, 4) is 0 Å². The van der Waals surface area contributed by atoms with Crippen LogP contribution in [0, 0.1) is 5.92 Å². The van der Waals surface area contributed by atoms with Crippen LogP contribution in [0.2, 0.25) is 0 Å². The van der Waals surface area contributed by atoms with Crippen molar-refractivity contribution in [3.05, 3.63) is 29.8 Å². The molecule has 0 spiro atoms. The second-order valence-electron chi connectivity index (χ2n) is 6.03. The fraction of sp³-hybridized carbons (Fsp3) is 0.529. The summed E-state index contributed by atoms with van der Waals surface area (Å²) in [6.45, 7) is 2.06. The minimum absolute atomic E-state index is 0.108. The highest BCUT2D eigenvalue weighted by atomic mass is 16.2. The third kappa shape index (κ3) is 4.84. The number of hydrogen-bond acceptors (Lipinski definition) is 3. The van der Waals surface area contributed by atoms with E-state index in [-0.39, 0.29) is 17.7 Å². The van der Waals surface area contributed by atoms with Crippen LogP contribution >= 0.6 is 0 Å². The second kappa shape index (κ2) is 7.94. The molecule has 0 aliphatic heterocycles. The smallest absolute Gasteiger partial charge is 0.236 e. The Morgan fingerprint density at radius 2 is 2.00 bits per heavy atom. The van der Waals surface area contributed by atoms with Gasteiger partial charge in [-0.2, -0.15) is 0 Å². The van der Waals surface area contributed by atoms with Gasteiger partial charge in [0.1, 0.15) is 0 Å². The number of benzene rings is 1. The van der Waals surface area contributed by atoms with Crippen LogP contribution in [-0.4, -0.2) is 17.9 Å². The van der Waals surface area contributed by atoms with Gasteiger partial charge in [-0.1, -0.05) is 31.4 Å². The zero-order chi connectivity index (χ0) is 15.9. The van der Waals surface area contributed by atoms with Crippen molar-refractivity contribution >= 4 is 17.5 Å². The number of anilines is 1. The van der Waals surface area contributed by atoms with Crippen LogP contribution in [0.15, 0.2) is 24.3 Å². The molecule has 1 aromatic carbocycles. The summed E-state index contributed by atoms with van der Waals surface area (Å²) < 4.78 is 0. The van der Waals surface area contributed by atoms with E-state index in [2.05, 4.69) is 10.6 Å². The average Bonchev–Trinajstić information content (AvgIpc) is 2.53. The third-order valence-corrected chi connectivity index (χ3v) is 4.05. The summed E-state index contributed by atoms with van der Waals surface area (Å²) in [5, 5.41) is 5.75. The molecule has 4 N–H and O–H groups in total. The van der Waals surface area contributed by atoms with Crippen molar-refractivity contribution in [2.45, 2.75) is 51.6 Å². The van der Waals surface area contributed by atoms with Crippen molar-refractivity contribution in [2.75, 3.05) is 5.32 Å². The van der Waals surface area contributed by atoms with Gasteiger partial charge in [-0.25, -0.2) is 0 Å². The fourth-order valence-electron chi connectivity index (χ4n) is 2.72. The van der Waals surface area contributed by atoms with Crippen LogP contribution in [-0.2, 0) is 16.1 Å². The third-order valence-electron chi connectivity index (χ3n) is 4.05. The molecule has 0 bridgehead atoms. The Bertz CT molecular complexity index is 522. The summed E-state index contributed by atoms with van der Waals surface area (Å²) in [5.74, 6) is 0.0586. The van der Waals surface area contributed by atoms with Crippen LogP contribution in [0.5, 0.6) is 0 Å². The SMILES string of the molecule is C[C@@H](N)C(=O)NCc1cccc(NC(=O)C2CCCCC2)c1. The zero-order valence-electron chi connectivity index (χ0n) is 13.1. The van der Waals surface area contributed by atoms with Crippen molar-refractivity contribution in [3.63, 3.8) is 0 Å². The number of nitrogens with two attached hydrogens (primary N) is 1. The molecule has 1 atom stereocenters. The van der Waals surface area contributed by atoms with E-state index in [0.717, 1.165) is 36.9 Å². The maximum Gasteiger partial charge on any atom is 0.236 e. The molecule has 120 valence electrons. The van der Waals surface area contributed by atoms with Gasteiger partial charge in [-0.05, 0) is 37.5 Å². The Morgan fingerprint density at radius 1 is 1.27 bits per heavy atom. The second-order valence-corrected chi connectivity index (χ2v) is 6.03. The van der Waals surface area contributed by atoms with Gasteiger partial charge in [0, 0.05) is 18.2 Å². The van der Waals surface area contributed by atoms with E-state index in [1.54, 1.807) is 6.92 Å². The molecule has 1 aliphatic carbocycles. The highest BCUT2D eigenvalue weighted by Gasteiger charge is 2.21. The van der Waals surface area contributed by atoms with E-state index in [1.807, 2.05) is 24.3 Å². The summed E-state index contributed by atoms with van der Waals surface area (Å²) in [6, 6.07) is 7.04. The molecule has 1 saturated carbocycles. The van der Waals surface area contributed by atoms with Crippen LogP contribution in [0.3, 0.4) is 0 Å². The van der Waals surface area contributed by atoms with Gasteiger partial charge in [0.25, 0.3) is 0 Å². The Balaban J connectivity index is 1.90. The molecule has 5 heteroatoms. The molecule has 1 fully saturated rings. The summed E-state index contributed by atoms with van der Waals surface area (Å²) in [6.07, 6.45) is 5.48. The van der Waals surface area contributed by atoms with Crippen LogP contribution in [0.4, 0.5) is 5.69 Å². The Hall–Kier alpha value is -1.88. The van der Waals surface area contributed by atoms with E-state index in [1.165, 1.54) is 6.42 Å². The standard InChI is InChI=1S/C17H25N3O2/c1-12(18)16(21)19-11-13-6-5-9-15(10-13)20-17(22)14-7-3-2-4-8-14/h5-6,9-10,12,14H,2-4,7-8,11,18H2,1H3,(H,19,21)(H,20,22)/t12-/m1/s1. The number of carbonyl (C=O) groups excluding carboxylic acids is 2. The largest absolute Gasteiger partial charge is 0.351 e. The molecule has 0 heterocycles. The minimum Gasteiger partial charge on any atom is -0.351 e. The van der Waals surface area contributed by atoms with Gasteiger partial charge >= 0.3 is 0 Å². The number of hydrogen-bond donors (Lipinski definition) is 3. The first-order valence-corrected chi connectivity index (χ1v) is 7.99. The first-order valence-electron chi connectivity index (χ1n) is 7.99. The first-order chi connectivity index (χ1) is 10.6. The molecule has 0 unspecified atom stereocenters. The molecule has 1 aromatic rings. The summed E-state index contributed by atoms with van der Waals surface area (Å²) >= 11 is 0. The lowest BCUT2D eigenvalue weighted by Gasteiger charge is -2.20. The molecule has 22 heavy (non-hydrogen) atoms. The highest BCUT2D eigenvalue weighted by Crippen LogP contribution is 2.25. The normalized spacial score (nSPS) is 16.8. The summed E-state index contributed by atoms with van der Waals surface area (Å²) in [7, 11) is 0. The van der Waals surface area contributed by atoms with Gasteiger partial charge < -0.3 is 16.4 Å². The predicted molar refractivity (Wildman–Crippen MR) is 87.1 cm³/mol. The summed E-state index contributed by atoms with van der Waals surface area (Å²) in [4.78, 5) is 23.7. The monoisotopic (exact) mass is 303 g/mol. The topological polar surface area (TPSA) is 84.2 Å². The van der Waals surface area contributed by atoms with Crippen molar-refractivity contribution in [1.29, 1.82) is 0 Å². The molecular weight excluding hydrogens is 278 g/mol.